The van der Waals surface area contributed by atoms with E-state index in [1.54, 1.807) is 0 Å². The van der Waals surface area contributed by atoms with Gasteiger partial charge in [0.15, 0.2) is 0 Å². The van der Waals surface area contributed by atoms with Crippen molar-refractivity contribution in [3.05, 3.63) is 11.8 Å². The summed E-state index contributed by atoms with van der Waals surface area (Å²) in [6.07, 6.45) is 1.12. The highest BCUT2D eigenvalue weighted by molar-refractivity contribution is 5.80. The monoisotopic (exact) mass is 143 g/mol. The van der Waals surface area contributed by atoms with Gasteiger partial charge >= 0.3 is 5.97 Å². The van der Waals surface area contributed by atoms with Gasteiger partial charge in [0.1, 0.15) is 0 Å². The third kappa shape index (κ3) is 2.06. The Balaban J connectivity index is 2.45. The Morgan fingerprint density at radius 2 is 2.60 bits per heavy atom. The molecular formula is C6H9NO3. The molecule has 1 saturated heterocycles. The van der Waals surface area contributed by atoms with Crippen molar-refractivity contribution in [3.63, 3.8) is 0 Å². The van der Waals surface area contributed by atoms with Gasteiger partial charge in [0.2, 0.25) is 0 Å². The van der Waals surface area contributed by atoms with Crippen LogP contribution in [0.25, 0.3) is 0 Å². The Hall–Kier alpha value is -1.03. The molecule has 0 amide bonds. The molecule has 0 radical (unpaired) electrons. The lowest BCUT2D eigenvalue weighted by atomic mass is 10.3. The maximum absolute atomic E-state index is 10.1. The molecule has 0 bridgehead atoms. The van der Waals surface area contributed by atoms with Gasteiger partial charge in [0.25, 0.3) is 0 Å². The Kier molecular flexibility index (Phi) is 2.28. The molecule has 4 heteroatoms. The molecule has 0 aromatic carbocycles. The summed E-state index contributed by atoms with van der Waals surface area (Å²) < 4.78 is 4.99. The molecule has 0 atom stereocenters. The summed E-state index contributed by atoms with van der Waals surface area (Å²) in [5, 5.41) is 11.2. The molecule has 0 saturated carbocycles. The van der Waals surface area contributed by atoms with E-state index < -0.39 is 5.97 Å². The summed E-state index contributed by atoms with van der Waals surface area (Å²) in [6, 6.07) is 0. The molecule has 1 aliphatic heterocycles. The molecule has 0 aromatic heterocycles. The van der Waals surface area contributed by atoms with E-state index in [1.165, 1.54) is 0 Å². The zero-order valence-corrected chi connectivity index (χ0v) is 5.46. The first kappa shape index (κ1) is 7.08. The minimum Gasteiger partial charge on any atom is -0.478 e. The fourth-order valence-corrected chi connectivity index (χ4v) is 0.759. The van der Waals surface area contributed by atoms with Gasteiger partial charge in [0.05, 0.1) is 13.2 Å². The third-order valence-corrected chi connectivity index (χ3v) is 1.15. The number of hydrogen-bond acceptors (Lipinski definition) is 3. The van der Waals surface area contributed by atoms with E-state index in [-0.39, 0.29) is 0 Å². The summed E-state index contributed by atoms with van der Waals surface area (Å²) in [6.45, 7) is 1.72. The minimum atomic E-state index is -0.937. The average molecular weight is 143 g/mol. The number of morpholine rings is 1. The zero-order valence-electron chi connectivity index (χ0n) is 5.46. The fourth-order valence-electron chi connectivity index (χ4n) is 0.759. The largest absolute Gasteiger partial charge is 0.478 e. The van der Waals surface area contributed by atoms with E-state index in [9.17, 15) is 4.79 Å². The predicted molar refractivity (Wildman–Crippen MR) is 34.5 cm³/mol. The Morgan fingerprint density at radius 3 is 3.10 bits per heavy atom. The molecule has 0 unspecified atom stereocenters. The van der Waals surface area contributed by atoms with E-state index in [1.807, 2.05) is 0 Å². The van der Waals surface area contributed by atoms with Gasteiger partial charge in [-0.2, -0.15) is 0 Å². The number of carbonyl (C=O) groups is 1. The van der Waals surface area contributed by atoms with E-state index in [0.717, 1.165) is 6.08 Å². The van der Waals surface area contributed by atoms with Crippen LogP contribution in [-0.4, -0.2) is 30.8 Å². The third-order valence-electron chi connectivity index (χ3n) is 1.15. The minimum absolute atomic E-state index is 0.381. The Bertz CT molecular complexity index is 156. The number of hydrogen-bond donors (Lipinski definition) is 2. The molecule has 0 aromatic rings. The van der Waals surface area contributed by atoms with Crippen LogP contribution in [0.4, 0.5) is 0 Å². The van der Waals surface area contributed by atoms with E-state index in [4.69, 9.17) is 9.84 Å². The topological polar surface area (TPSA) is 58.6 Å². The van der Waals surface area contributed by atoms with Gasteiger partial charge in [-0.05, 0) is 0 Å². The number of nitrogens with one attached hydrogen (secondary N) is 1. The molecule has 0 spiro atoms. The second-order valence-corrected chi connectivity index (χ2v) is 1.99. The summed E-state index contributed by atoms with van der Waals surface area (Å²) in [5.74, 6) is -0.937. The SMILES string of the molecule is O=C(O)/C=C1/COCCN1. The van der Waals surface area contributed by atoms with Gasteiger partial charge in [-0.15, -0.1) is 0 Å². The number of ether oxygens (including phenoxy) is 1. The molecule has 1 fully saturated rings. The first-order valence-corrected chi connectivity index (χ1v) is 3.04. The van der Waals surface area contributed by atoms with Crippen LogP contribution in [0.1, 0.15) is 0 Å². The maximum Gasteiger partial charge on any atom is 0.330 e. The van der Waals surface area contributed by atoms with E-state index >= 15 is 0 Å². The summed E-state index contributed by atoms with van der Waals surface area (Å²) in [5.41, 5.74) is 0.638. The van der Waals surface area contributed by atoms with Crippen molar-refractivity contribution in [1.29, 1.82) is 0 Å². The van der Waals surface area contributed by atoms with Crippen molar-refractivity contribution in [1.82, 2.24) is 5.32 Å². The van der Waals surface area contributed by atoms with Crippen LogP contribution >= 0.6 is 0 Å². The van der Waals surface area contributed by atoms with Crippen LogP contribution in [0.5, 0.6) is 0 Å². The van der Waals surface area contributed by atoms with Crippen molar-refractivity contribution in [2.75, 3.05) is 19.8 Å². The first-order chi connectivity index (χ1) is 4.79. The van der Waals surface area contributed by atoms with Crippen molar-refractivity contribution in [2.45, 2.75) is 0 Å². The summed E-state index contributed by atoms with van der Waals surface area (Å²) in [7, 11) is 0. The molecular weight excluding hydrogens is 134 g/mol. The second-order valence-electron chi connectivity index (χ2n) is 1.99. The maximum atomic E-state index is 10.1. The normalized spacial score (nSPS) is 22.2. The standard InChI is InChI=1S/C6H9NO3/c8-6(9)3-5-4-10-2-1-7-5/h3,7H,1-2,4H2,(H,8,9)/b5-3-. The lowest BCUT2D eigenvalue weighted by Gasteiger charge is -2.16. The molecule has 2 N–H and O–H groups in total. The first-order valence-electron chi connectivity index (χ1n) is 3.04. The molecule has 1 heterocycles. The number of aliphatic carboxylic acids is 1. The second kappa shape index (κ2) is 3.22. The summed E-state index contributed by atoms with van der Waals surface area (Å²) >= 11 is 0. The summed E-state index contributed by atoms with van der Waals surface area (Å²) in [4.78, 5) is 10.1. The number of rotatable bonds is 1. The average Bonchev–Trinajstić information content (AvgIpc) is 1.88. The smallest absolute Gasteiger partial charge is 0.330 e. The van der Waals surface area contributed by atoms with Crippen LogP contribution in [0.3, 0.4) is 0 Å². The van der Waals surface area contributed by atoms with Gasteiger partial charge in [-0.25, -0.2) is 4.79 Å². The van der Waals surface area contributed by atoms with Gasteiger partial charge in [0, 0.05) is 18.3 Å². The predicted octanol–water partition coefficient (Wildman–Crippen LogP) is -0.425. The van der Waals surface area contributed by atoms with E-state index in [2.05, 4.69) is 5.32 Å². The highest BCUT2D eigenvalue weighted by Crippen LogP contribution is 1.95. The van der Waals surface area contributed by atoms with Gasteiger partial charge in [-0.1, -0.05) is 0 Å². The van der Waals surface area contributed by atoms with E-state index in [0.29, 0.717) is 25.5 Å². The lowest BCUT2D eigenvalue weighted by Crippen LogP contribution is -2.29. The zero-order chi connectivity index (χ0) is 7.40. The number of carboxylic acids is 1. The van der Waals surface area contributed by atoms with Gasteiger partial charge in [-0.3, -0.25) is 0 Å². The van der Waals surface area contributed by atoms with Crippen LogP contribution < -0.4 is 5.32 Å². The van der Waals surface area contributed by atoms with Crippen LogP contribution in [-0.2, 0) is 9.53 Å². The Labute approximate surface area is 58.5 Å². The van der Waals surface area contributed by atoms with Crippen molar-refractivity contribution in [3.8, 4) is 0 Å². The number of carboxylic acid groups (broad SMARTS) is 1. The fraction of sp³-hybridized carbons (Fsp3) is 0.500. The molecule has 10 heavy (non-hydrogen) atoms. The van der Waals surface area contributed by atoms with Crippen molar-refractivity contribution < 1.29 is 14.6 Å². The highest BCUT2D eigenvalue weighted by atomic mass is 16.5. The molecule has 4 nitrogen and oxygen atoms in total. The van der Waals surface area contributed by atoms with Crippen LogP contribution in [0, 0.1) is 0 Å². The Morgan fingerprint density at radius 1 is 1.80 bits per heavy atom. The van der Waals surface area contributed by atoms with Crippen LogP contribution in [0.15, 0.2) is 11.8 Å². The molecule has 0 aliphatic carbocycles. The van der Waals surface area contributed by atoms with Crippen molar-refractivity contribution >= 4 is 5.97 Å². The lowest BCUT2D eigenvalue weighted by molar-refractivity contribution is -0.131. The van der Waals surface area contributed by atoms with Gasteiger partial charge < -0.3 is 15.2 Å². The van der Waals surface area contributed by atoms with Crippen LogP contribution in [0.2, 0.25) is 0 Å². The highest BCUT2D eigenvalue weighted by Gasteiger charge is 2.04. The molecule has 1 aliphatic rings. The van der Waals surface area contributed by atoms with Crippen molar-refractivity contribution in [2.24, 2.45) is 0 Å². The molecule has 1 rings (SSSR count). The quantitative estimate of drug-likeness (QED) is 0.489. The molecule has 56 valence electrons.